The van der Waals surface area contributed by atoms with Crippen molar-refractivity contribution < 1.29 is 0 Å². The molecule has 0 bridgehead atoms. The van der Waals surface area contributed by atoms with Gasteiger partial charge in [0.05, 0.1) is 0 Å². The van der Waals surface area contributed by atoms with Crippen LogP contribution in [-0.2, 0) is 0 Å². The summed E-state index contributed by atoms with van der Waals surface area (Å²) in [6.07, 6.45) is 2.72. The van der Waals surface area contributed by atoms with Gasteiger partial charge in [-0.2, -0.15) is 12.6 Å². The van der Waals surface area contributed by atoms with Gasteiger partial charge in [-0.1, -0.05) is 0 Å². The Kier molecular flexibility index (Phi) is 2.39. The number of thiol groups is 1. The van der Waals surface area contributed by atoms with Crippen LogP contribution in [0.5, 0.6) is 0 Å². The number of hydrogen-bond acceptors (Lipinski definition) is 3. The van der Waals surface area contributed by atoms with Crippen LogP contribution in [0.2, 0.25) is 0 Å². The Bertz CT molecular complexity index is 126. The lowest BCUT2D eigenvalue weighted by Gasteiger charge is -2.35. The van der Waals surface area contributed by atoms with Crippen LogP contribution < -0.4 is 10.6 Å². The van der Waals surface area contributed by atoms with Crippen molar-refractivity contribution in [1.29, 1.82) is 0 Å². The fourth-order valence-corrected chi connectivity index (χ4v) is 2.08. The van der Waals surface area contributed by atoms with Crippen LogP contribution in [0.1, 0.15) is 12.8 Å². The van der Waals surface area contributed by atoms with Crippen molar-refractivity contribution >= 4 is 12.6 Å². The van der Waals surface area contributed by atoms with Gasteiger partial charge in [0.1, 0.15) is 0 Å². The third kappa shape index (κ3) is 1.55. The molecule has 2 atom stereocenters. The number of rotatable bonds is 1. The van der Waals surface area contributed by atoms with Gasteiger partial charge in [-0.05, 0) is 24.5 Å². The minimum atomic E-state index is 0.726. The molecule has 2 aliphatic rings. The van der Waals surface area contributed by atoms with Crippen LogP contribution in [0.25, 0.3) is 0 Å². The van der Waals surface area contributed by atoms with Gasteiger partial charge in [-0.15, -0.1) is 0 Å². The first kappa shape index (κ1) is 7.90. The number of nitrogens with one attached hydrogen (secondary N) is 2. The van der Waals surface area contributed by atoms with E-state index in [9.17, 15) is 0 Å². The van der Waals surface area contributed by atoms with Gasteiger partial charge in [0.15, 0.2) is 0 Å². The summed E-state index contributed by atoms with van der Waals surface area (Å²) in [4.78, 5) is 0. The largest absolute Gasteiger partial charge is 0.312 e. The third-order valence-corrected chi connectivity index (χ3v) is 3.39. The average molecular weight is 172 g/mol. The van der Waals surface area contributed by atoms with Crippen molar-refractivity contribution in [1.82, 2.24) is 10.6 Å². The SMILES string of the molecule is SCC1CNC2CCC2NC1. The maximum atomic E-state index is 4.31. The molecule has 0 radical (unpaired) electrons. The lowest BCUT2D eigenvalue weighted by molar-refractivity contribution is 0.264. The van der Waals surface area contributed by atoms with Crippen LogP contribution in [0.3, 0.4) is 0 Å². The molecule has 2 rings (SSSR count). The van der Waals surface area contributed by atoms with Crippen molar-refractivity contribution in [2.24, 2.45) is 5.92 Å². The summed E-state index contributed by atoms with van der Waals surface area (Å²) in [6, 6.07) is 1.53. The van der Waals surface area contributed by atoms with Gasteiger partial charge in [-0.3, -0.25) is 0 Å². The molecule has 1 aliphatic heterocycles. The van der Waals surface area contributed by atoms with E-state index >= 15 is 0 Å². The highest BCUT2D eigenvalue weighted by Gasteiger charge is 2.32. The molecule has 1 saturated carbocycles. The summed E-state index contributed by atoms with van der Waals surface area (Å²) in [6.45, 7) is 2.30. The van der Waals surface area contributed by atoms with Crippen LogP contribution in [0.15, 0.2) is 0 Å². The second-order valence-corrected chi connectivity index (χ2v) is 4.02. The molecule has 1 saturated heterocycles. The van der Waals surface area contributed by atoms with Gasteiger partial charge in [0.25, 0.3) is 0 Å². The smallest absolute Gasteiger partial charge is 0.0221 e. The lowest BCUT2D eigenvalue weighted by atomic mass is 9.87. The Morgan fingerprint density at radius 3 is 2.00 bits per heavy atom. The Morgan fingerprint density at radius 1 is 1.09 bits per heavy atom. The van der Waals surface area contributed by atoms with Crippen LogP contribution in [0, 0.1) is 5.92 Å². The third-order valence-electron chi connectivity index (χ3n) is 2.87. The summed E-state index contributed by atoms with van der Waals surface area (Å²) in [5.74, 6) is 1.73. The summed E-state index contributed by atoms with van der Waals surface area (Å²) >= 11 is 4.31. The normalized spacial score (nSPS) is 43.9. The molecule has 0 aromatic heterocycles. The first-order chi connectivity index (χ1) is 5.40. The lowest BCUT2D eigenvalue weighted by Crippen LogP contribution is -2.52. The van der Waals surface area contributed by atoms with Gasteiger partial charge in [0, 0.05) is 25.2 Å². The first-order valence-corrected chi connectivity index (χ1v) is 5.11. The Balaban J connectivity index is 1.87. The molecule has 2 unspecified atom stereocenters. The number of fused-ring (bicyclic) bond motifs is 1. The van der Waals surface area contributed by atoms with Crippen LogP contribution in [0.4, 0.5) is 0 Å². The monoisotopic (exact) mass is 172 g/mol. The molecule has 3 heteroatoms. The van der Waals surface area contributed by atoms with Crippen molar-refractivity contribution in [2.45, 2.75) is 24.9 Å². The van der Waals surface area contributed by atoms with E-state index in [1.165, 1.54) is 12.8 Å². The van der Waals surface area contributed by atoms with Crippen molar-refractivity contribution in [2.75, 3.05) is 18.8 Å². The summed E-state index contributed by atoms with van der Waals surface area (Å²) in [7, 11) is 0. The molecule has 2 N–H and O–H groups in total. The Hall–Kier alpha value is 0.270. The predicted octanol–water partition coefficient (Wildman–Crippen LogP) is 0.256. The first-order valence-electron chi connectivity index (χ1n) is 4.48. The van der Waals surface area contributed by atoms with E-state index < -0.39 is 0 Å². The van der Waals surface area contributed by atoms with E-state index in [4.69, 9.17) is 0 Å². The average Bonchev–Trinajstić information content (AvgIpc) is 2.11. The predicted molar refractivity (Wildman–Crippen MR) is 50.2 cm³/mol. The quantitative estimate of drug-likeness (QED) is 0.494. The van der Waals surface area contributed by atoms with Gasteiger partial charge in [0.2, 0.25) is 0 Å². The fourth-order valence-electron chi connectivity index (χ4n) is 1.83. The number of hydrogen-bond donors (Lipinski definition) is 3. The molecule has 0 aromatic rings. The maximum absolute atomic E-state index is 4.31. The highest BCUT2D eigenvalue weighted by molar-refractivity contribution is 7.80. The summed E-state index contributed by atoms with van der Waals surface area (Å²) in [5.41, 5.74) is 0. The second kappa shape index (κ2) is 3.33. The molecule has 1 heterocycles. The zero-order chi connectivity index (χ0) is 7.68. The highest BCUT2D eigenvalue weighted by atomic mass is 32.1. The van der Waals surface area contributed by atoms with E-state index in [0.29, 0.717) is 0 Å². The van der Waals surface area contributed by atoms with Gasteiger partial charge >= 0.3 is 0 Å². The van der Waals surface area contributed by atoms with Crippen molar-refractivity contribution in [3.05, 3.63) is 0 Å². The van der Waals surface area contributed by atoms with E-state index in [-0.39, 0.29) is 0 Å². The topological polar surface area (TPSA) is 24.1 Å². The molecule has 0 spiro atoms. The molecule has 2 fully saturated rings. The van der Waals surface area contributed by atoms with E-state index in [0.717, 1.165) is 36.8 Å². The summed E-state index contributed by atoms with van der Waals surface area (Å²) < 4.78 is 0. The molecular formula is C8H16N2S. The van der Waals surface area contributed by atoms with Gasteiger partial charge < -0.3 is 10.6 Å². The van der Waals surface area contributed by atoms with Crippen molar-refractivity contribution in [3.8, 4) is 0 Å². The highest BCUT2D eigenvalue weighted by Crippen LogP contribution is 2.22. The molecular weight excluding hydrogens is 156 g/mol. The standard InChI is InChI=1S/C8H16N2S/c11-5-6-3-9-7-1-2-8(7)10-4-6/h6-11H,1-5H2. The minimum Gasteiger partial charge on any atom is -0.312 e. The zero-order valence-electron chi connectivity index (χ0n) is 6.71. The zero-order valence-corrected chi connectivity index (χ0v) is 7.61. The van der Waals surface area contributed by atoms with Crippen LogP contribution in [-0.4, -0.2) is 30.9 Å². The maximum Gasteiger partial charge on any atom is 0.0221 e. The fraction of sp³-hybridized carbons (Fsp3) is 1.00. The second-order valence-electron chi connectivity index (χ2n) is 3.66. The molecule has 0 amide bonds. The van der Waals surface area contributed by atoms with E-state index in [1.807, 2.05) is 0 Å². The van der Waals surface area contributed by atoms with Crippen molar-refractivity contribution in [3.63, 3.8) is 0 Å². The van der Waals surface area contributed by atoms with Crippen LogP contribution >= 0.6 is 12.6 Å². The van der Waals surface area contributed by atoms with E-state index in [2.05, 4.69) is 23.3 Å². The Labute approximate surface area is 73.5 Å². The summed E-state index contributed by atoms with van der Waals surface area (Å²) in [5, 5.41) is 7.14. The molecule has 0 aromatic carbocycles. The molecule has 1 aliphatic carbocycles. The van der Waals surface area contributed by atoms with E-state index in [1.54, 1.807) is 0 Å². The Morgan fingerprint density at radius 2 is 1.64 bits per heavy atom. The molecule has 2 nitrogen and oxygen atoms in total. The molecule has 64 valence electrons. The molecule has 11 heavy (non-hydrogen) atoms. The van der Waals surface area contributed by atoms with Gasteiger partial charge in [-0.25, -0.2) is 0 Å². The minimum absolute atomic E-state index is 0.726.